The van der Waals surface area contributed by atoms with E-state index in [0.29, 0.717) is 6.42 Å². The molecule has 24 heavy (non-hydrogen) atoms. The Morgan fingerprint density at radius 3 is 2.96 bits per heavy atom. The van der Waals surface area contributed by atoms with Crippen LogP contribution in [-0.4, -0.2) is 54.5 Å². The summed E-state index contributed by atoms with van der Waals surface area (Å²) in [5.74, 6) is 1.05. The first-order valence-electron chi connectivity index (χ1n) is 8.28. The number of aryl methyl sites for hydroxylation is 1. The Kier molecular flexibility index (Phi) is 9.02. The molecule has 1 saturated heterocycles. The van der Waals surface area contributed by atoms with Crippen molar-refractivity contribution >= 4 is 35.8 Å². The van der Waals surface area contributed by atoms with E-state index in [1.807, 2.05) is 25.5 Å². The Morgan fingerprint density at radius 1 is 1.50 bits per heavy atom. The van der Waals surface area contributed by atoms with Gasteiger partial charge in [-0.1, -0.05) is 0 Å². The average Bonchev–Trinajstić information content (AvgIpc) is 2.53. The lowest BCUT2D eigenvalue weighted by Gasteiger charge is -2.31. The van der Waals surface area contributed by atoms with Gasteiger partial charge in [-0.2, -0.15) is 0 Å². The normalized spacial score (nSPS) is 18.1. The molecule has 1 amide bonds. The maximum Gasteiger partial charge on any atom is 0.222 e. The average molecular weight is 445 g/mol. The van der Waals surface area contributed by atoms with E-state index in [4.69, 9.17) is 0 Å². The molecule has 0 aliphatic carbocycles. The second kappa shape index (κ2) is 10.5. The first kappa shape index (κ1) is 20.7. The van der Waals surface area contributed by atoms with Crippen molar-refractivity contribution in [3.63, 3.8) is 0 Å². The van der Waals surface area contributed by atoms with Gasteiger partial charge in [0.15, 0.2) is 5.96 Å². The molecule has 0 radical (unpaired) electrons. The third-order valence-electron chi connectivity index (χ3n) is 4.10. The Balaban J connectivity index is 0.00000288. The zero-order chi connectivity index (χ0) is 16.7. The molecule has 2 heterocycles. The molecule has 134 valence electrons. The number of nitrogens with zero attached hydrogens (tertiary/aromatic N) is 3. The first-order chi connectivity index (χ1) is 11.1. The number of piperidine rings is 1. The van der Waals surface area contributed by atoms with E-state index in [0.717, 1.165) is 38.4 Å². The molecule has 2 rings (SSSR count). The van der Waals surface area contributed by atoms with Crippen molar-refractivity contribution < 1.29 is 4.79 Å². The van der Waals surface area contributed by atoms with Crippen LogP contribution in [0, 0.1) is 6.92 Å². The van der Waals surface area contributed by atoms with Crippen molar-refractivity contribution in [2.24, 2.45) is 4.99 Å². The summed E-state index contributed by atoms with van der Waals surface area (Å²) in [4.78, 5) is 22.1. The van der Waals surface area contributed by atoms with E-state index >= 15 is 0 Å². The zero-order valence-corrected chi connectivity index (χ0v) is 17.0. The molecule has 1 aliphatic rings. The predicted molar refractivity (Wildman–Crippen MR) is 108 cm³/mol. The van der Waals surface area contributed by atoms with Crippen molar-refractivity contribution in [2.45, 2.75) is 39.2 Å². The lowest BCUT2D eigenvalue weighted by molar-refractivity contribution is -0.132. The highest BCUT2D eigenvalue weighted by Gasteiger charge is 2.23. The number of likely N-dealkylation sites (tertiary alicyclic amines) is 1. The largest absolute Gasteiger partial charge is 0.357 e. The van der Waals surface area contributed by atoms with Crippen LogP contribution in [0.4, 0.5) is 0 Å². The molecule has 6 nitrogen and oxygen atoms in total. The number of hydrogen-bond acceptors (Lipinski definition) is 3. The van der Waals surface area contributed by atoms with E-state index < -0.39 is 0 Å². The molecule has 1 fully saturated rings. The maximum absolute atomic E-state index is 11.6. The van der Waals surface area contributed by atoms with Crippen LogP contribution in [0.5, 0.6) is 0 Å². The van der Waals surface area contributed by atoms with Gasteiger partial charge in [-0.25, -0.2) is 0 Å². The standard InChI is InChI=1S/C17H27N5O.HI/c1-4-19-17(21-15-5-6-16(23)22(3)12-15)20-10-8-14-7-9-18-11-13(14)2;/h7,9,11,15H,4-6,8,10,12H2,1-3H3,(H2,19,20,21);1H. The van der Waals surface area contributed by atoms with Crippen molar-refractivity contribution in [3.8, 4) is 0 Å². The molecule has 2 N–H and O–H groups in total. The lowest BCUT2D eigenvalue weighted by atomic mass is 10.1. The number of pyridine rings is 1. The number of guanidine groups is 1. The quantitative estimate of drug-likeness (QED) is 0.412. The summed E-state index contributed by atoms with van der Waals surface area (Å²) in [7, 11) is 1.85. The van der Waals surface area contributed by atoms with Crippen LogP contribution in [0.25, 0.3) is 0 Å². The van der Waals surface area contributed by atoms with E-state index in [1.54, 1.807) is 4.90 Å². The number of carbonyl (C=O) groups is 1. The van der Waals surface area contributed by atoms with Gasteiger partial charge < -0.3 is 15.5 Å². The molecule has 0 spiro atoms. The van der Waals surface area contributed by atoms with Crippen LogP contribution in [0.2, 0.25) is 0 Å². The number of carbonyl (C=O) groups excluding carboxylic acids is 1. The number of aromatic nitrogens is 1. The van der Waals surface area contributed by atoms with Crippen molar-refractivity contribution in [1.29, 1.82) is 0 Å². The van der Waals surface area contributed by atoms with Crippen LogP contribution in [0.15, 0.2) is 23.5 Å². The summed E-state index contributed by atoms with van der Waals surface area (Å²) >= 11 is 0. The second-order valence-corrected chi connectivity index (χ2v) is 5.97. The van der Waals surface area contributed by atoms with Gasteiger partial charge in [0.2, 0.25) is 5.91 Å². The highest BCUT2D eigenvalue weighted by Crippen LogP contribution is 2.09. The van der Waals surface area contributed by atoms with Crippen molar-refractivity contribution in [1.82, 2.24) is 20.5 Å². The molecular weight excluding hydrogens is 417 g/mol. The molecule has 1 aromatic rings. The third kappa shape index (κ3) is 6.26. The Labute approximate surface area is 161 Å². The zero-order valence-electron chi connectivity index (χ0n) is 14.7. The fourth-order valence-electron chi connectivity index (χ4n) is 2.71. The minimum atomic E-state index is 0. The fraction of sp³-hybridized carbons (Fsp3) is 0.588. The number of aliphatic imine (C=N–C) groups is 1. The summed E-state index contributed by atoms with van der Waals surface area (Å²) in [6.45, 7) is 6.40. The summed E-state index contributed by atoms with van der Waals surface area (Å²) < 4.78 is 0. The number of likely N-dealkylation sites (N-methyl/N-ethyl adjacent to an activating group) is 1. The van der Waals surface area contributed by atoms with E-state index in [1.165, 1.54) is 11.1 Å². The monoisotopic (exact) mass is 445 g/mol. The summed E-state index contributed by atoms with van der Waals surface area (Å²) in [5.41, 5.74) is 2.48. The molecule has 1 aromatic heterocycles. The topological polar surface area (TPSA) is 69.6 Å². The van der Waals surface area contributed by atoms with Crippen LogP contribution >= 0.6 is 24.0 Å². The minimum Gasteiger partial charge on any atom is -0.357 e. The van der Waals surface area contributed by atoms with Gasteiger partial charge in [-0.05, 0) is 43.9 Å². The third-order valence-corrected chi connectivity index (χ3v) is 4.10. The molecule has 7 heteroatoms. The lowest BCUT2D eigenvalue weighted by Crippen LogP contribution is -2.51. The highest BCUT2D eigenvalue weighted by atomic mass is 127. The summed E-state index contributed by atoms with van der Waals surface area (Å²) in [6, 6.07) is 2.31. The number of hydrogen-bond donors (Lipinski definition) is 2. The van der Waals surface area contributed by atoms with Crippen LogP contribution in [-0.2, 0) is 11.2 Å². The van der Waals surface area contributed by atoms with E-state index in [2.05, 4.69) is 34.5 Å². The number of nitrogens with one attached hydrogen (secondary N) is 2. The van der Waals surface area contributed by atoms with Gasteiger partial charge in [0.05, 0.1) is 0 Å². The molecule has 1 unspecified atom stereocenters. The molecule has 0 saturated carbocycles. The van der Waals surface area contributed by atoms with Crippen molar-refractivity contribution in [3.05, 3.63) is 29.6 Å². The Hall–Kier alpha value is -1.38. The molecule has 0 bridgehead atoms. The van der Waals surface area contributed by atoms with Gasteiger partial charge in [-0.3, -0.25) is 14.8 Å². The Bertz CT molecular complexity index is 564. The molecule has 1 atom stereocenters. The maximum atomic E-state index is 11.6. The Morgan fingerprint density at radius 2 is 2.29 bits per heavy atom. The number of amides is 1. The minimum absolute atomic E-state index is 0. The van der Waals surface area contributed by atoms with Gasteiger partial charge in [0.1, 0.15) is 0 Å². The summed E-state index contributed by atoms with van der Waals surface area (Å²) in [6.07, 6.45) is 6.07. The van der Waals surface area contributed by atoms with E-state index in [9.17, 15) is 4.79 Å². The molecular formula is C17H28IN5O. The van der Waals surface area contributed by atoms with Crippen LogP contribution in [0.3, 0.4) is 0 Å². The predicted octanol–water partition coefficient (Wildman–Crippen LogP) is 1.73. The van der Waals surface area contributed by atoms with Gasteiger partial charge in [0, 0.05) is 51.5 Å². The van der Waals surface area contributed by atoms with Crippen molar-refractivity contribution in [2.75, 3.05) is 26.7 Å². The van der Waals surface area contributed by atoms with Gasteiger partial charge in [0.25, 0.3) is 0 Å². The number of halogens is 1. The van der Waals surface area contributed by atoms with Gasteiger partial charge >= 0.3 is 0 Å². The molecule has 0 aromatic carbocycles. The van der Waals surface area contributed by atoms with Crippen LogP contribution in [0.1, 0.15) is 30.9 Å². The second-order valence-electron chi connectivity index (χ2n) is 5.97. The summed E-state index contributed by atoms with van der Waals surface area (Å²) in [5, 5.41) is 6.72. The smallest absolute Gasteiger partial charge is 0.222 e. The fourth-order valence-corrected chi connectivity index (χ4v) is 2.71. The van der Waals surface area contributed by atoms with E-state index in [-0.39, 0.29) is 35.9 Å². The number of rotatable bonds is 5. The first-order valence-corrected chi connectivity index (χ1v) is 8.28. The SMILES string of the molecule is CCNC(=NCCc1ccncc1C)NC1CCC(=O)N(C)C1.I. The highest BCUT2D eigenvalue weighted by molar-refractivity contribution is 14.0. The molecule has 1 aliphatic heterocycles. The van der Waals surface area contributed by atoms with Crippen LogP contribution < -0.4 is 10.6 Å². The van der Waals surface area contributed by atoms with Gasteiger partial charge in [-0.15, -0.1) is 24.0 Å².